The van der Waals surface area contributed by atoms with Crippen molar-refractivity contribution < 1.29 is 4.79 Å². The van der Waals surface area contributed by atoms with E-state index in [1.54, 1.807) is 11.8 Å². The molecule has 22 heavy (non-hydrogen) atoms. The van der Waals surface area contributed by atoms with Gasteiger partial charge in [-0.3, -0.25) is 4.79 Å². The molecule has 2 nitrogen and oxygen atoms in total. The highest BCUT2D eigenvalue weighted by Gasteiger charge is 2.21. The fraction of sp³-hybridized carbons (Fsp3) is 0.278. The van der Waals surface area contributed by atoms with Gasteiger partial charge in [0.25, 0.3) is 0 Å². The van der Waals surface area contributed by atoms with Crippen LogP contribution < -0.4 is 4.90 Å². The fourth-order valence-electron chi connectivity index (χ4n) is 2.87. The molecule has 1 aliphatic rings. The van der Waals surface area contributed by atoms with Crippen LogP contribution in [0.25, 0.3) is 0 Å². The lowest BCUT2D eigenvalue weighted by Gasteiger charge is -2.14. The summed E-state index contributed by atoms with van der Waals surface area (Å²) in [6, 6.07) is 12.2. The monoisotopic (exact) mass is 375 g/mol. The van der Waals surface area contributed by atoms with Gasteiger partial charge in [-0.25, -0.2) is 0 Å². The summed E-state index contributed by atoms with van der Waals surface area (Å²) in [6.07, 6.45) is 3.52. The van der Waals surface area contributed by atoms with Crippen molar-refractivity contribution in [3.8, 4) is 0 Å². The third-order valence-corrected chi connectivity index (χ3v) is 5.43. The summed E-state index contributed by atoms with van der Waals surface area (Å²) < 4.78 is 1.02. The van der Waals surface area contributed by atoms with Gasteiger partial charge in [-0.1, -0.05) is 12.1 Å². The first-order valence-electron chi connectivity index (χ1n) is 7.28. The van der Waals surface area contributed by atoms with Crippen molar-refractivity contribution in [1.29, 1.82) is 0 Å². The van der Waals surface area contributed by atoms with E-state index in [0.29, 0.717) is 6.42 Å². The van der Waals surface area contributed by atoms with Crippen LogP contribution in [0.1, 0.15) is 21.5 Å². The Morgan fingerprint density at radius 2 is 2.00 bits per heavy atom. The Bertz CT molecular complexity index is 712. The van der Waals surface area contributed by atoms with Crippen LogP contribution in [0.5, 0.6) is 0 Å². The summed E-state index contributed by atoms with van der Waals surface area (Å²) in [5, 5.41) is 0. The zero-order valence-corrected chi connectivity index (χ0v) is 15.1. The van der Waals surface area contributed by atoms with Crippen LogP contribution in [0.4, 0.5) is 5.69 Å². The first-order chi connectivity index (χ1) is 10.6. The van der Waals surface area contributed by atoms with Gasteiger partial charge in [0.05, 0.1) is 5.69 Å². The normalized spacial score (nSPS) is 13.3. The Hall–Kier alpha value is -1.26. The minimum absolute atomic E-state index is 0.176. The number of benzene rings is 2. The molecule has 0 atom stereocenters. The van der Waals surface area contributed by atoms with Gasteiger partial charge in [0.15, 0.2) is 5.78 Å². The molecule has 0 spiro atoms. The summed E-state index contributed by atoms with van der Waals surface area (Å²) in [7, 11) is 2.09. The Morgan fingerprint density at radius 1 is 1.27 bits per heavy atom. The van der Waals surface area contributed by atoms with Gasteiger partial charge < -0.3 is 4.90 Å². The zero-order chi connectivity index (χ0) is 15.7. The molecule has 0 aromatic heterocycles. The summed E-state index contributed by atoms with van der Waals surface area (Å²) in [4.78, 5) is 16.0. The molecule has 0 fully saturated rings. The Balaban J connectivity index is 1.82. The molecule has 0 unspecified atom stereocenters. The van der Waals surface area contributed by atoms with Crippen LogP contribution in [-0.4, -0.2) is 25.6 Å². The van der Waals surface area contributed by atoms with Crippen molar-refractivity contribution in [1.82, 2.24) is 0 Å². The number of carbonyl (C=O) groups excluding carboxylic acids is 1. The van der Waals surface area contributed by atoms with Crippen molar-refractivity contribution >= 4 is 39.2 Å². The van der Waals surface area contributed by atoms with E-state index in [1.165, 1.54) is 16.1 Å². The molecule has 0 aliphatic carbocycles. The molecule has 4 heteroatoms. The van der Waals surface area contributed by atoms with Crippen molar-refractivity contribution in [2.24, 2.45) is 0 Å². The molecule has 0 saturated heterocycles. The number of Topliss-reactive ketones (excluding diaryl/α,β-unsaturated/α-hetero) is 1. The second-order valence-corrected chi connectivity index (χ2v) is 7.32. The molecule has 0 radical (unpaired) electrons. The van der Waals surface area contributed by atoms with E-state index in [4.69, 9.17) is 0 Å². The van der Waals surface area contributed by atoms with Gasteiger partial charge in [0.1, 0.15) is 0 Å². The maximum atomic E-state index is 12.6. The standard InChI is InChI=1S/C18H18BrNOS/c1-20-8-7-13-10-14(11-16(19)18(13)20)17(21)9-12-3-5-15(22-2)6-4-12/h3-6,10-11H,7-9H2,1-2H3. The molecule has 0 N–H and O–H groups in total. The van der Waals surface area contributed by atoms with E-state index in [1.807, 2.05) is 18.2 Å². The maximum Gasteiger partial charge on any atom is 0.167 e. The fourth-order valence-corrected chi connectivity index (χ4v) is 4.08. The Kier molecular flexibility index (Phi) is 4.59. The Labute approximate surface area is 144 Å². The van der Waals surface area contributed by atoms with Crippen LogP contribution in [0.15, 0.2) is 45.8 Å². The van der Waals surface area contributed by atoms with Crippen LogP contribution in [0, 0.1) is 0 Å². The second kappa shape index (κ2) is 6.47. The molecule has 114 valence electrons. The highest BCUT2D eigenvalue weighted by atomic mass is 79.9. The smallest absolute Gasteiger partial charge is 0.167 e. The quantitative estimate of drug-likeness (QED) is 0.575. The van der Waals surface area contributed by atoms with Gasteiger partial charge in [-0.05, 0) is 64.0 Å². The number of nitrogens with zero attached hydrogens (tertiary/aromatic N) is 1. The lowest BCUT2D eigenvalue weighted by Crippen LogP contribution is -2.13. The van der Waals surface area contributed by atoms with Gasteiger partial charge in [0, 0.05) is 34.9 Å². The summed E-state index contributed by atoms with van der Waals surface area (Å²) in [6.45, 7) is 1.02. The topological polar surface area (TPSA) is 20.3 Å². The number of fused-ring (bicyclic) bond motifs is 1. The predicted octanol–water partition coefficient (Wildman–Crippen LogP) is 4.59. The number of rotatable bonds is 4. The SMILES string of the molecule is CSc1ccc(CC(=O)c2cc(Br)c3c(c2)CCN3C)cc1. The molecule has 3 rings (SSSR count). The van der Waals surface area contributed by atoms with Gasteiger partial charge in [-0.15, -0.1) is 11.8 Å². The number of halogens is 1. The number of hydrogen-bond acceptors (Lipinski definition) is 3. The van der Waals surface area contributed by atoms with E-state index in [-0.39, 0.29) is 5.78 Å². The molecule has 1 aliphatic heterocycles. The minimum Gasteiger partial charge on any atom is -0.373 e. The summed E-state index contributed by atoms with van der Waals surface area (Å²) in [5.74, 6) is 0.176. The van der Waals surface area contributed by atoms with Gasteiger partial charge >= 0.3 is 0 Å². The average Bonchev–Trinajstić information content (AvgIpc) is 2.90. The van der Waals surface area contributed by atoms with Crippen LogP contribution in [-0.2, 0) is 12.8 Å². The predicted molar refractivity (Wildman–Crippen MR) is 97.4 cm³/mol. The molecule has 2 aromatic rings. The number of likely N-dealkylation sites (N-methyl/N-ethyl adjacent to an activating group) is 1. The third kappa shape index (κ3) is 3.08. The van der Waals surface area contributed by atoms with E-state index in [0.717, 1.165) is 28.6 Å². The first kappa shape index (κ1) is 15.6. The van der Waals surface area contributed by atoms with Gasteiger partial charge in [-0.2, -0.15) is 0 Å². The van der Waals surface area contributed by atoms with Crippen molar-refractivity contribution in [3.05, 3.63) is 57.6 Å². The summed E-state index contributed by atoms with van der Waals surface area (Å²) >= 11 is 5.33. The lowest BCUT2D eigenvalue weighted by molar-refractivity contribution is 0.0993. The molecule has 0 amide bonds. The molecule has 0 bridgehead atoms. The molecule has 0 saturated carbocycles. The Morgan fingerprint density at radius 3 is 2.68 bits per heavy atom. The number of carbonyl (C=O) groups is 1. The first-order valence-corrected chi connectivity index (χ1v) is 9.30. The highest BCUT2D eigenvalue weighted by molar-refractivity contribution is 9.10. The van der Waals surface area contributed by atoms with Gasteiger partial charge in [0.2, 0.25) is 0 Å². The number of hydrogen-bond donors (Lipinski definition) is 0. The van der Waals surface area contributed by atoms with Crippen molar-refractivity contribution in [2.45, 2.75) is 17.7 Å². The lowest BCUT2D eigenvalue weighted by atomic mass is 10.0. The number of anilines is 1. The second-order valence-electron chi connectivity index (χ2n) is 5.59. The molecule has 2 aromatic carbocycles. The van der Waals surface area contributed by atoms with Crippen LogP contribution in [0.2, 0.25) is 0 Å². The minimum atomic E-state index is 0.176. The van der Waals surface area contributed by atoms with Crippen LogP contribution in [0.3, 0.4) is 0 Å². The molecular weight excluding hydrogens is 358 g/mol. The number of ketones is 1. The maximum absolute atomic E-state index is 12.6. The third-order valence-electron chi connectivity index (χ3n) is 4.09. The van der Waals surface area contributed by atoms with E-state index < -0.39 is 0 Å². The highest BCUT2D eigenvalue weighted by Crippen LogP contribution is 2.35. The number of thioether (sulfide) groups is 1. The zero-order valence-electron chi connectivity index (χ0n) is 12.7. The van der Waals surface area contributed by atoms with E-state index in [2.05, 4.69) is 52.3 Å². The largest absolute Gasteiger partial charge is 0.373 e. The van der Waals surface area contributed by atoms with Crippen molar-refractivity contribution in [2.75, 3.05) is 24.7 Å². The van der Waals surface area contributed by atoms with E-state index in [9.17, 15) is 4.79 Å². The molecular formula is C18H18BrNOS. The van der Waals surface area contributed by atoms with Crippen LogP contribution >= 0.6 is 27.7 Å². The van der Waals surface area contributed by atoms with E-state index >= 15 is 0 Å². The molecule has 1 heterocycles. The summed E-state index contributed by atoms with van der Waals surface area (Å²) in [5.41, 5.74) is 4.35. The van der Waals surface area contributed by atoms with Crippen molar-refractivity contribution in [3.63, 3.8) is 0 Å². The average molecular weight is 376 g/mol.